The molecule has 29 heavy (non-hydrogen) atoms. The van der Waals surface area contributed by atoms with Gasteiger partial charge in [0.25, 0.3) is 5.56 Å². The SMILES string of the molecule is CCOC(=O)N1CCN(C=c2c(C)c(C#N)c3nc4ccccc4n3c2=O)CC1. The molecule has 0 radical (unpaired) electrons. The highest BCUT2D eigenvalue weighted by Crippen LogP contribution is 2.17. The van der Waals surface area contributed by atoms with Gasteiger partial charge in [-0.15, -0.1) is 0 Å². The predicted molar refractivity (Wildman–Crippen MR) is 108 cm³/mol. The fourth-order valence-electron chi connectivity index (χ4n) is 3.70. The van der Waals surface area contributed by atoms with Crippen molar-refractivity contribution in [1.29, 1.82) is 5.26 Å². The van der Waals surface area contributed by atoms with E-state index in [4.69, 9.17) is 4.74 Å². The number of rotatable bonds is 2. The lowest BCUT2D eigenvalue weighted by Crippen LogP contribution is -2.48. The van der Waals surface area contributed by atoms with E-state index in [1.54, 1.807) is 24.9 Å². The molecule has 0 N–H and O–H groups in total. The average Bonchev–Trinajstić information content (AvgIpc) is 3.11. The summed E-state index contributed by atoms with van der Waals surface area (Å²) in [5.74, 6) is 0. The summed E-state index contributed by atoms with van der Waals surface area (Å²) < 4.78 is 6.56. The summed E-state index contributed by atoms with van der Waals surface area (Å²) in [5.41, 5.74) is 2.58. The van der Waals surface area contributed by atoms with Crippen LogP contribution in [0.4, 0.5) is 4.79 Å². The van der Waals surface area contributed by atoms with Crippen LogP contribution in [0, 0.1) is 18.3 Å². The number of fused-ring (bicyclic) bond motifs is 3. The van der Waals surface area contributed by atoms with Gasteiger partial charge in [-0.3, -0.25) is 9.20 Å². The third kappa shape index (κ3) is 3.14. The predicted octanol–water partition coefficient (Wildman–Crippen LogP) is 1.26. The Morgan fingerprint density at radius 1 is 1.28 bits per heavy atom. The van der Waals surface area contributed by atoms with Crippen LogP contribution in [0.3, 0.4) is 0 Å². The topological polar surface area (TPSA) is 90.9 Å². The van der Waals surface area contributed by atoms with Crippen LogP contribution >= 0.6 is 0 Å². The lowest BCUT2D eigenvalue weighted by molar-refractivity contribution is 0.0914. The lowest BCUT2D eigenvalue weighted by atomic mass is 10.1. The first-order valence-corrected chi connectivity index (χ1v) is 9.56. The minimum absolute atomic E-state index is 0.196. The van der Waals surface area contributed by atoms with Crippen LogP contribution in [0.2, 0.25) is 0 Å². The van der Waals surface area contributed by atoms with Crippen molar-refractivity contribution in [2.45, 2.75) is 13.8 Å². The van der Waals surface area contributed by atoms with Gasteiger partial charge in [0, 0.05) is 32.4 Å². The Bertz CT molecular complexity index is 1250. The second-order valence-electron chi connectivity index (χ2n) is 6.94. The molecule has 0 spiro atoms. The zero-order valence-electron chi connectivity index (χ0n) is 16.4. The number of carbonyl (C=O) groups is 1. The van der Waals surface area contributed by atoms with Gasteiger partial charge >= 0.3 is 6.09 Å². The van der Waals surface area contributed by atoms with Gasteiger partial charge in [-0.25, -0.2) is 9.78 Å². The van der Waals surface area contributed by atoms with Gasteiger partial charge < -0.3 is 14.5 Å². The molecule has 1 amide bonds. The van der Waals surface area contributed by atoms with Gasteiger partial charge in [0.2, 0.25) is 0 Å². The first-order chi connectivity index (χ1) is 14.0. The summed E-state index contributed by atoms with van der Waals surface area (Å²) in [6, 6.07) is 9.57. The molecule has 1 aromatic carbocycles. The number of piperazine rings is 1. The molecule has 2 aromatic heterocycles. The quantitative estimate of drug-likeness (QED) is 0.653. The van der Waals surface area contributed by atoms with E-state index < -0.39 is 0 Å². The highest BCUT2D eigenvalue weighted by atomic mass is 16.6. The number of pyridine rings is 1. The maximum atomic E-state index is 13.3. The van der Waals surface area contributed by atoms with E-state index in [0.717, 1.165) is 0 Å². The summed E-state index contributed by atoms with van der Waals surface area (Å²) in [4.78, 5) is 33.3. The van der Waals surface area contributed by atoms with Crippen molar-refractivity contribution in [3.05, 3.63) is 51.0 Å². The molecule has 3 heterocycles. The molecule has 1 saturated heterocycles. The monoisotopic (exact) mass is 391 g/mol. The van der Waals surface area contributed by atoms with Crippen molar-refractivity contribution in [3.63, 3.8) is 0 Å². The minimum Gasteiger partial charge on any atom is -0.450 e. The molecule has 1 fully saturated rings. The van der Waals surface area contributed by atoms with Crippen molar-refractivity contribution in [2.24, 2.45) is 0 Å². The van der Waals surface area contributed by atoms with E-state index >= 15 is 0 Å². The average molecular weight is 391 g/mol. The van der Waals surface area contributed by atoms with E-state index in [9.17, 15) is 14.9 Å². The molecular formula is C21H21N5O3. The second kappa shape index (κ2) is 7.43. The third-order valence-electron chi connectivity index (χ3n) is 5.26. The van der Waals surface area contributed by atoms with Crippen LogP contribution in [-0.4, -0.2) is 58.1 Å². The number of hydrogen-bond donors (Lipinski definition) is 0. The van der Waals surface area contributed by atoms with Crippen LogP contribution in [0.15, 0.2) is 29.1 Å². The molecule has 0 bridgehead atoms. The summed E-state index contributed by atoms with van der Waals surface area (Å²) in [6.45, 7) is 6.11. The van der Waals surface area contributed by atoms with Crippen molar-refractivity contribution in [2.75, 3.05) is 32.8 Å². The Kier molecular flexibility index (Phi) is 4.80. The van der Waals surface area contributed by atoms with E-state index in [1.807, 2.05) is 29.2 Å². The van der Waals surface area contributed by atoms with Crippen molar-refractivity contribution in [1.82, 2.24) is 19.2 Å². The molecule has 0 unspecified atom stereocenters. The fraction of sp³-hybridized carbons (Fsp3) is 0.333. The Balaban J connectivity index is 1.79. The maximum absolute atomic E-state index is 13.3. The summed E-state index contributed by atoms with van der Waals surface area (Å²) in [5, 5.41) is 10.2. The molecule has 0 aliphatic carbocycles. The standard InChI is InChI=1S/C21H21N5O3/c1-3-29-21(28)25-10-8-24(9-11-25)13-16-14(2)15(12-22)19-23-17-6-4-5-7-18(17)26(19)20(16)27/h4-7,13H,3,8-11H2,1-2H3. The maximum Gasteiger partial charge on any atom is 0.409 e. The Morgan fingerprint density at radius 2 is 2.00 bits per heavy atom. The number of benzene rings is 1. The number of ether oxygens (including phenoxy) is 1. The molecular weight excluding hydrogens is 370 g/mol. The van der Waals surface area contributed by atoms with Crippen LogP contribution in [-0.2, 0) is 4.74 Å². The van der Waals surface area contributed by atoms with Crippen molar-refractivity contribution in [3.8, 4) is 6.07 Å². The van der Waals surface area contributed by atoms with Gasteiger partial charge in [0.05, 0.1) is 28.4 Å². The first-order valence-electron chi connectivity index (χ1n) is 9.56. The minimum atomic E-state index is -0.314. The molecule has 8 nitrogen and oxygen atoms in total. The third-order valence-corrected chi connectivity index (χ3v) is 5.26. The molecule has 3 aromatic rings. The number of amides is 1. The van der Waals surface area contributed by atoms with Gasteiger partial charge in [0.1, 0.15) is 6.07 Å². The van der Waals surface area contributed by atoms with Crippen molar-refractivity contribution < 1.29 is 9.53 Å². The smallest absolute Gasteiger partial charge is 0.409 e. The van der Waals surface area contributed by atoms with E-state index in [0.29, 0.717) is 65.8 Å². The molecule has 1 aliphatic rings. The van der Waals surface area contributed by atoms with Crippen LogP contribution < -0.4 is 10.8 Å². The van der Waals surface area contributed by atoms with Crippen LogP contribution in [0.25, 0.3) is 22.9 Å². The number of imidazole rings is 1. The van der Waals surface area contributed by atoms with Crippen molar-refractivity contribution >= 4 is 29.0 Å². The number of nitrogens with zero attached hydrogens (tertiary/aromatic N) is 5. The van der Waals surface area contributed by atoms with Gasteiger partial charge in [-0.05, 0) is 31.5 Å². The fourth-order valence-corrected chi connectivity index (χ4v) is 3.70. The highest BCUT2D eigenvalue weighted by Gasteiger charge is 2.21. The summed E-state index contributed by atoms with van der Waals surface area (Å²) >= 11 is 0. The zero-order valence-corrected chi connectivity index (χ0v) is 16.4. The Hall–Kier alpha value is -3.60. The van der Waals surface area contributed by atoms with Gasteiger partial charge in [0.15, 0.2) is 5.65 Å². The largest absolute Gasteiger partial charge is 0.450 e. The lowest BCUT2D eigenvalue weighted by Gasteiger charge is -2.33. The molecule has 0 atom stereocenters. The number of hydrogen-bond acceptors (Lipinski definition) is 6. The van der Waals surface area contributed by atoms with Gasteiger partial charge in [-0.1, -0.05) is 12.1 Å². The van der Waals surface area contributed by atoms with Gasteiger partial charge in [-0.2, -0.15) is 5.26 Å². The van der Waals surface area contributed by atoms with E-state index in [-0.39, 0.29) is 11.7 Å². The van der Waals surface area contributed by atoms with E-state index in [1.165, 1.54) is 4.40 Å². The Labute approximate surface area is 167 Å². The molecule has 8 heteroatoms. The molecule has 1 aliphatic heterocycles. The first kappa shape index (κ1) is 18.7. The summed E-state index contributed by atoms with van der Waals surface area (Å²) in [7, 11) is 0. The number of carbonyl (C=O) groups excluding carboxylic acids is 1. The number of aromatic nitrogens is 2. The number of para-hydroxylation sites is 2. The normalized spacial score (nSPS) is 15.1. The highest BCUT2D eigenvalue weighted by molar-refractivity contribution is 5.82. The molecule has 0 saturated carbocycles. The molecule has 4 rings (SSSR count). The number of nitriles is 1. The zero-order chi connectivity index (χ0) is 20.5. The second-order valence-corrected chi connectivity index (χ2v) is 6.94. The van der Waals surface area contributed by atoms with Crippen LogP contribution in [0.5, 0.6) is 0 Å². The van der Waals surface area contributed by atoms with E-state index in [2.05, 4.69) is 11.1 Å². The Morgan fingerprint density at radius 3 is 2.69 bits per heavy atom. The van der Waals surface area contributed by atoms with Crippen LogP contribution in [0.1, 0.15) is 18.1 Å². The molecule has 148 valence electrons. The summed E-state index contributed by atoms with van der Waals surface area (Å²) in [6.07, 6.45) is 1.49.